The molecule has 8 nitrogen and oxygen atoms in total. The van der Waals surface area contributed by atoms with E-state index in [4.69, 9.17) is 4.52 Å². The minimum atomic E-state index is -0.795. The van der Waals surface area contributed by atoms with Crippen molar-refractivity contribution in [2.75, 3.05) is 25.0 Å². The predicted molar refractivity (Wildman–Crippen MR) is 93.4 cm³/mol. The average Bonchev–Trinajstić information content (AvgIpc) is 3.17. The van der Waals surface area contributed by atoms with E-state index in [1.807, 2.05) is 35.2 Å². The van der Waals surface area contributed by atoms with Gasteiger partial charge in [-0.1, -0.05) is 30.3 Å². The van der Waals surface area contributed by atoms with Crippen molar-refractivity contribution in [1.29, 1.82) is 0 Å². The van der Waals surface area contributed by atoms with Gasteiger partial charge in [-0.2, -0.15) is 4.98 Å². The predicted octanol–water partition coefficient (Wildman–Crippen LogP) is 1.81. The highest BCUT2D eigenvalue weighted by Gasteiger charge is 2.56. The fourth-order valence-corrected chi connectivity index (χ4v) is 3.84. The number of aromatic nitrogens is 2. The number of anilines is 1. The first-order chi connectivity index (χ1) is 12.5. The Morgan fingerprint density at radius 1 is 1.15 bits per heavy atom. The lowest BCUT2D eigenvalue weighted by Gasteiger charge is -2.41. The van der Waals surface area contributed by atoms with E-state index < -0.39 is 5.54 Å². The lowest BCUT2D eigenvalue weighted by molar-refractivity contribution is -0.133. The van der Waals surface area contributed by atoms with E-state index in [1.54, 1.807) is 18.9 Å². The molecule has 1 aromatic heterocycles. The molecule has 1 spiro atoms. The summed E-state index contributed by atoms with van der Waals surface area (Å²) in [5.74, 6) is 0.928. The van der Waals surface area contributed by atoms with E-state index in [2.05, 4.69) is 10.1 Å². The molecule has 2 aliphatic rings. The third-order valence-electron chi connectivity index (χ3n) is 5.31. The van der Waals surface area contributed by atoms with Crippen LogP contribution in [0.5, 0.6) is 0 Å². The number of rotatable bonds is 3. The van der Waals surface area contributed by atoms with Gasteiger partial charge in [-0.25, -0.2) is 4.79 Å². The standard InChI is InChI=1S/C18H21N5O3/c1-13-19-16(20-26-13)22-10-8-18(9-11-22)15(24)21(2)17(25)23(18)12-14-6-4-3-5-7-14/h3-7H,8-12H2,1-2H3. The molecule has 8 heteroatoms. The Kier molecular flexibility index (Phi) is 3.90. The highest BCUT2D eigenvalue weighted by Crippen LogP contribution is 2.38. The molecule has 2 aliphatic heterocycles. The van der Waals surface area contributed by atoms with Crippen LogP contribution in [0.25, 0.3) is 0 Å². The molecular weight excluding hydrogens is 334 g/mol. The Bertz CT molecular complexity index is 826. The number of amides is 3. The van der Waals surface area contributed by atoms with Crippen molar-refractivity contribution >= 4 is 17.9 Å². The maximum Gasteiger partial charge on any atom is 0.327 e. The maximum absolute atomic E-state index is 12.9. The third kappa shape index (κ3) is 2.53. The number of carbonyl (C=O) groups excluding carboxylic acids is 2. The Hall–Kier alpha value is -2.90. The second-order valence-corrected chi connectivity index (χ2v) is 6.85. The summed E-state index contributed by atoms with van der Waals surface area (Å²) < 4.78 is 5.05. The summed E-state index contributed by atoms with van der Waals surface area (Å²) >= 11 is 0. The zero-order chi connectivity index (χ0) is 18.3. The first-order valence-electron chi connectivity index (χ1n) is 8.70. The minimum Gasteiger partial charge on any atom is -0.338 e. The van der Waals surface area contributed by atoms with Crippen LogP contribution in [0, 0.1) is 6.92 Å². The van der Waals surface area contributed by atoms with Crippen LogP contribution in [0.1, 0.15) is 24.3 Å². The van der Waals surface area contributed by atoms with Gasteiger partial charge in [0.2, 0.25) is 5.89 Å². The zero-order valence-corrected chi connectivity index (χ0v) is 14.9. The van der Waals surface area contributed by atoms with Crippen molar-refractivity contribution in [3.05, 3.63) is 41.8 Å². The van der Waals surface area contributed by atoms with Crippen LogP contribution < -0.4 is 4.90 Å². The molecule has 3 amide bonds. The van der Waals surface area contributed by atoms with E-state index >= 15 is 0 Å². The SMILES string of the molecule is Cc1nc(N2CCC3(CC2)C(=O)N(C)C(=O)N3Cc2ccccc2)no1. The van der Waals surface area contributed by atoms with Crippen LogP contribution in [0.15, 0.2) is 34.9 Å². The molecule has 1 aromatic carbocycles. The smallest absolute Gasteiger partial charge is 0.327 e. The maximum atomic E-state index is 12.9. The van der Waals surface area contributed by atoms with Gasteiger partial charge in [0.1, 0.15) is 5.54 Å². The summed E-state index contributed by atoms with van der Waals surface area (Å²) in [7, 11) is 1.56. The van der Waals surface area contributed by atoms with Crippen LogP contribution in [-0.2, 0) is 11.3 Å². The molecule has 2 fully saturated rings. The van der Waals surface area contributed by atoms with E-state index in [9.17, 15) is 9.59 Å². The summed E-state index contributed by atoms with van der Waals surface area (Å²) in [6.07, 6.45) is 1.09. The second kappa shape index (κ2) is 6.12. The van der Waals surface area contributed by atoms with E-state index in [-0.39, 0.29) is 11.9 Å². The fraction of sp³-hybridized carbons (Fsp3) is 0.444. The largest absolute Gasteiger partial charge is 0.338 e. The fourth-order valence-electron chi connectivity index (χ4n) is 3.84. The second-order valence-electron chi connectivity index (χ2n) is 6.85. The van der Waals surface area contributed by atoms with Gasteiger partial charge in [0.15, 0.2) is 0 Å². The molecule has 0 saturated carbocycles. The lowest BCUT2D eigenvalue weighted by atomic mass is 9.85. The van der Waals surface area contributed by atoms with Gasteiger partial charge < -0.3 is 14.3 Å². The summed E-state index contributed by atoms with van der Waals surface area (Å²) in [5.41, 5.74) is 0.219. The number of nitrogens with zero attached hydrogens (tertiary/aromatic N) is 5. The molecule has 2 aromatic rings. The number of urea groups is 1. The number of aryl methyl sites for hydroxylation is 1. The van der Waals surface area contributed by atoms with E-state index in [1.165, 1.54) is 4.90 Å². The van der Waals surface area contributed by atoms with Crippen LogP contribution >= 0.6 is 0 Å². The Morgan fingerprint density at radius 2 is 1.85 bits per heavy atom. The summed E-state index contributed by atoms with van der Waals surface area (Å²) in [4.78, 5) is 34.9. The molecule has 0 bridgehead atoms. The molecule has 0 atom stereocenters. The Balaban J connectivity index is 1.58. The molecule has 0 aliphatic carbocycles. The highest BCUT2D eigenvalue weighted by atomic mass is 16.5. The molecule has 0 unspecified atom stereocenters. The monoisotopic (exact) mass is 355 g/mol. The van der Waals surface area contributed by atoms with Crippen LogP contribution in [-0.4, -0.2) is 57.6 Å². The Morgan fingerprint density at radius 3 is 2.46 bits per heavy atom. The number of benzene rings is 1. The minimum absolute atomic E-state index is 0.123. The first-order valence-corrected chi connectivity index (χ1v) is 8.70. The first kappa shape index (κ1) is 16.6. The molecular formula is C18H21N5O3. The summed E-state index contributed by atoms with van der Waals surface area (Å²) in [5, 5.41) is 3.95. The molecule has 3 heterocycles. The number of likely N-dealkylation sites (N-methyl/N-ethyl adjacent to an activating group) is 1. The average molecular weight is 355 g/mol. The number of carbonyl (C=O) groups is 2. The summed E-state index contributed by atoms with van der Waals surface area (Å²) in [6.45, 7) is 3.36. The topological polar surface area (TPSA) is 82.8 Å². The van der Waals surface area contributed by atoms with Gasteiger partial charge in [-0.3, -0.25) is 9.69 Å². The third-order valence-corrected chi connectivity index (χ3v) is 5.31. The Labute approximate surface area is 151 Å². The lowest BCUT2D eigenvalue weighted by Crippen LogP contribution is -2.56. The normalized spacial score (nSPS) is 19.7. The van der Waals surface area contributed by atoms with Gasteiger partial charge in [-0.05, 0) is 23.6 Å². The zero-order valence-electron chi connectivity index (χ0n) is 14.9. The van der Waals surface area contributed by atoms with Gasteiger partial charge in [-0.15, -0.1) is 0 Å². The van der Waals surface area contributed by atoms with Crippen molar-refractivity contribution < 1.29 is 14.1 Å². The van der Waals surface area contributed by atoms with E-state index in [0.29, 0.717) is 44.3 Å². The molecule has 2 saturated heterocycles. The molecule has 4 rings (SSSR count). The van der Waals surface area contributed by atoms with Crippen molar-refractivity contribution in [1.82, 2.24) is 19.9 Å². The van der Waals surface area contributed by atoms with Gasteiger partial charge in [0.25, 0.3) is 11.9 Å². The van der Waals surface area contributed by atoms with Crippen LogP contribution in [0.2, 0.25) is 0 Å². The molecule has 0 radical (unpaired) electrons. The number of imide groups is 1. The quantitative estimate of drug-likeness (QED) is 0.781. The van der Waals surface area contributed by atoms with Crippen molar-refractivity contribution in [3.63, 3.8) is 0 Å². The van der Waals surface area contributed by atoms with Crippen molar-refractivity contribution in [2.45, 2.75) is 31.8 Å². The summed E-state index contributed by atoms with van der Waals surface area (Å²) in [6, 6.07) is 9.53. The van der Waals surface area contributed by atoms with Gasteiger partial charge >= 0.3 is 6.03 Å². The van der Waals surface area contributed by atoms with E-state index in [0.717, 1.165) is 5.56 Å². The molecule has 26 heavy (non-hydrogen) atoms. The molecule has 0 N–H and O–H groups in total. The van der Waals surface area contributed by atoms with Crippen LogP contribution in [0.4, 0.5) is 10.7 Å². The van der Waals surface area contributed by atoms with Crippen LogP contribution in [0.3, 0.4) is 0 Å². The molecule has 136 valence electrons. The van der Waals surface area contributed by atoms with Gasteiger partial charge in [0.05, 0.1) is 0 Å². The number of piperidine rings is 1. The van der Waals surface area contributed by atoms with Gasteiger partial charge in [0, 0.05) is 33.6 Å². The number of hydrogen-bond acceptors (Lipinski definition) is 6. The van der Waals surface area contributed by atoms with Crippen molar-refractivity contribution in [2.24, 2.45) is 0 Å². The number of hydrogen-bond donors (Lipinski definition) is 0. The van der Waals surface area contributed by atoms with Crippen molar-refractivity contribution in [3.8, 4) is 0 Å². The highest BCUT2D eigenvalue weighted by molar-refractivity contribution is 6.06.